The lowest BCUT2D eigenvalue weighted by molar-refractivity contribution is -0.133. The molecule has 4 rings (SSSR count). The molecule has 2 aromatic heterocycles. The van der Waals surface area contributed by atoms with Crippen molar-refractivity contribution in [2.24, 2.45) is 0 Å². The average Bonchev–Trinajstić information content (AvgIpc) is 2.97. The molecule has 12 nitrogen and oxygen atoms in total. The van der Waals surface area contributed by atoms with E-state index in [2.05, 4.69) is 20.3 Å². The van der Waals surface area contributed by atoms with Crippen LogP contribution in [0.5, 0.6) is 11.6 Å². The third-order valence-electron chi connectivity index (χ3n) is 5.37. The molecule has 1 saturated heterocycles. The van der Waals surface area contributed by atoms with Crippen molar-refractivity contribution in [1.82, 2.24) is 25.2 Å². The predicted octanol–water partition coefficient (Wildman–Crippen LogP) is -0.516. The molecule has 1 unspecified atom stereocenters. The lowest BCUT2D eigenvalue weighted by Crippen LogP contribution is -2.50. The van der Waals surface area contributed by atoms with Crippen molar-refractivity contribution >= 4 is 23.6 Å². The van der Waals surface area contributed by atoms with Crippen molar-refractivity contribution < 1.29 is 24.2 Å². The molecule has 2 aliphatic heterocycles. The van der Waals surface area contributed by atoms with Crippen molar-refractivity contribution in [2.75, 3.05) is 44.3 Å². The lowest BCUT2D eigenvalue weighted by Gasteiger charge is -2.31. The summed E-state index contributed by atoms with van der Waals surface area (Å²) in [6, 6.07) is 1.33. The highest BCUT2D eigenvalue weighted by Gasteiger charge is 2.45. The third-order valence-corrected chi connectivity index (χ3v) is 5.37. The van der Waals surface area contributed by atoms with Crippen LogP contribution in [0.4, 0.5) is 11.8 Å². The molecule has 4 heterocycles. The molecule has 12 heteroatoms. The van der Waals surface area contributed by atoms with Crippen LogP contribution in [0.25, 0.3) is 0 Å². The van der Waals surface area contributed by atoms with Crippen LogP contribution in [0.1, 0.15) is 28.8 Å². The number of rotatable bonds is 5. The summed E-state index contributed by atoms with van der Waals surface area (Å²) in [7, 11) is 0. The Kier molecular flexibility index (Phi) is 5.95. The molecule has 0 bridgehead atoms. The van der Waals surface area contributed by atoms with Gasteiger partial charge in [-0.05, 0) is 12.5 Å². The standard InChI is InChI=1S/C20H25N7O5/c21-16-14-7-20(32-18(14)26-19(22)25-16)10-27(4-5-31-11-20)15(29)2-1-3-24-17(30)12-6-13(28)9-23-8-12/h6,8-9,28H,1-5,7,10-11H2,(H,24,30)(H4,21,22,25,26). The SMILES string of the molecule is Nc1nc(N)c2c(n1)OC1(COCCN(C(=O)CCCNC(=O)c3cncc(O)c3)C1)C2. The Morgan fingerprint density at radius 2 is 2.12 bits per heavy atom. The molecular formula is C20H25N7O5. The van der Waals surface area contributed by atoms with Crippen LogP contribution in [-0.2, 0) is 16.0 Å². The summed E-state index contributed by atoms with van der Waals surface area (Å²) < 4.78 is 11.8. The third kappa shape index (κ3) is 4.64. The number of anilines is 2. The highest BCUT2D eigenvalue weighted by Crippen LogP contribution is 2.38. The second-order valence-corrected chi connectivity index (χ2v) is 7.87. The fourth-order valence-corrected chi connectivity index (χ4v) is 3.85. The highest BCUT2D eigenvalue weighted by atomic mass is 16.6. The smallest absolute Gasteiger partial charge is 0.252 e. The van der Waals surface area contributed by atoms with E-state index in [0.717, 1.165) is 0 Å². The number of hydrogen-bond donors (Lipinski definition) is 4. The van der Waals surface area contributed by atoms with Gasteiger partial charge in [-0.15, -0.1) is 0 Å². The van der Waals surface area contributed by atoms with E-state index in [1.54, 1.807) is 4.90 Å². The van der Waals surface area contributed by atoms with Gasteiger partial charge in [-0.2, -0.15) is 9.97 Å². The van der Waals surface area contributed by atoms with Gasteiger partial charge in [0.1, 0.15) is 11.6 Å². The maximum Gasteiger partial charge on any atom is 0.252 e. The van der Waals surface area contributed by atoms with Crippen LogP contribution in [0.3, 0.4) is 0 Å². The topological polar surface area (TPSA) is 179 Å². The highest BCUT2D eigenvalue weighted by molar-refractivity contribution is 5.94. The average molecular weight is 443 g/mol. The largest absolute Gasteiger partial charge is 0.506 e. The Hall–Kier alpha value is -3.67. The van der Waals surface area contributed by atoms with E-state index in [1.807, 2.05) is 0 Å². The summed E-state index contributed by atoms with van der Waals surface area (Å²) in [6.45, 7) is 1.75. The van der Waals surface area contributed by atoms with E-state index in [9.17, 15) is 14.7 Å². The molecule has 0 saturated carbocycles. The van der Waals surface area contributed by atoms with Gasteiger partial charge in [-0.3, -0.25) is 14.6 Å². The van der Waals surface area contributed by atoms with E-state index in [-0.39, 0.29) is 41.3 Å². The molecule has 2 amide bonds. The summed E-state index contributed by atoms with van der Waals surface area (Å²) in [5.74, 6) is 0.113. The molecule has 2 aliphatic rings. The zero-order valence-electron chi connectivity index (χ0n) is 17.4. The van der Waals surface area contributed by atoms with Gasteiger partial charge in [-0.25, -0.2) is 0 Å². The number of ether oxygens (including phenoxy) is 2. The van der Waals surface area contributed by atoms with Gasteiger partial charge in [0.2, 0.25) is 17.7 Å². The van der Waals surface area contributed by atoms with E-state index >= 15 is 0 Å². The first-order chi connectivity index (χ1) is 15.3. The number of aromatic hydroxyl groups is 1. The molecule has 1 fully saturated rings. The maximum absolute atomic E-state index is 12.8. The first-order valence-corrected chi connectivity index (χ1v) is 10.2. The molecular weight excluding hydrogens is 418 g/mol. The maximum atomic E-state index is 12.8. The first kappa shape index (κ1) is 21.6. The minimum absolute atomic E-state index is 0.0318. The van der Waals surface area contributed by atoms with Crippen LogP contribution < -0.4 is 21.5 Å². The van der Waals surface area contributed by atoms with Crippen molar-refractivity contribution in [2.45, 2.75) is 24.9 Å². The second kappa shape index (κ2) is 8.83. The molecule has 0 aromatic carbocycles. The zero-order valence-corrected chi connectivity index (χ0v) is 17.4. The zero-order chi connectivity index (χ0) is 22.7. The molecule has 170 valence electrons. The van der Waals surface area contributed by atoms with Gasteiger partial charge in [0, 0.05) is 32.1 Å². The number of hydrogen-bond acceptors (Lipinski definition) is 10. The van der Waals surface area contributed by atoms with Gasteiger partial charge in [0.05, 0.1) is 37.1 Å². The number of nitrogens with zero attached hydrogens (tertiary/aromatic N) is 4. The Morgan fingerprint density at radius 1 is 1.28 bits per heavy atom. The van der Waals surface area contributed by atoms with Crippen LogP contribution in [0, 0.1) is 0 Å². The van der Waals surface area contributed by atoms with Gasteiger partial charge < -0.3 is 36.3 Å². The van der Waals surface area contributed by atoms with E-state index in [0.29, 0.717) is 57.1 Å². The van der Waals surface area contributed by atoms with E-state index in [4.69, 9.17) is 20.9 Å². The molecule has 1 spiro atoms. The van der Waals surface area contributed by atoms with Crippen molar-refractivity contribution in [1.29, 1.82) is 0 Å². The normalized spacial score (nSPS) is 19.8. The summed E-state index contributed by atoms with van der Waals surface area (Å²) in [6.07, 6.45) is 3.73. The number of pyridine rings is 1. The first-order valence-electron chi connectivity index (χ1n) is 10.2. The minimum Gasteiger partial charge on any atom is -0.506 e. The number of nitrogen functional groups attached to an aromatic ring is 2. The number of aromatic nitrogens is 3. The fraction of sp³-hybridized carbons (Fsp3) is 0.450. The summed E-state index contributed by atoms with van der Waals surface area (Å²) in [5, 5.41) is 12.1. The number of nitrogens with one attached hydrogen (secondary N) is 1. The van der Waals surface area contributed by atoms with Gasteiger partial charge >= 0.3 is 0 Å². The van der Waals surface area contributed by atoms with Crippen LogP contribution in [-0.4, -0.2) is 75.2 Å². The van der Waals surface area contributed by atoms with Crippen LogP contribution in [0.15, 0.2) is 18.5 Å². The molecule has 32 heavy (non-hydrogen) atoms. The van der Waals surface area contributed by atoms with Gasteiger partial charge in [-0.1, -0.05) is 0 Å². The number of nitrogens with two attached hydrogens (primary N) is 2. The fourth-order valence-electron chi connectivity index (χ4n) is 3.85. The summed E-state index contributed by atoms with van der Waals surface area (Å²) >= 11 is 0. The Bertz CT molecular complexity index is 1030. The van der Waals surface area contributed by atoms with Crippen LogP contribution >= 0.6 is 0 Å². The molecule has 1 atom stereocenters. The van der Waals surface area contributed by atoms with E-state index < -0.39 is 5.60 Å². The number of fused-ring (bicyclic) bond motifs is 1. The number of carbonyl (C=O) groups is 2. The summed E-state index contributed by atoms with van der Waals surface area (Å²) in [5.41, 5.74) is 11.8. The van der Waals surface area contributed by atoms with Crippen LogP contribution in [0.2, 0.25) is 0 Å². The lowest BCUT2D eigenvalue weighted by atomic mass is 9.97. The summed E-state index contributed by atoms with van der Waals surface area (Å²) in [4.78, 5) is 38.5. The van der Waals surface area contributed by atoms with Gasteiger partial charge in [0.25, 0.3) is 5.91 Å². The van der Waals surface area contributed by atoms with E-state index in [1.165, 1.54) is 18.5 Å². The molecule has 6 N–H and O–H groups in total. The molecule has 0 aliphatic carbocycles. The van der Waals surface area contributed by atoms with Crippen molar-refractivity contribution in [3.05, 3.63) is 29.6 Å². The van der Waals surface area contributed by atoms with Gasteiger partial charge in [0.15, 0.2) is 5.60 Å². The molecule has 2 aromatic rings. The second-order valence-electron chi connectivity index (χ2n) is 7.87. The number of amides is 2. The Balaban J connectivity index is 1.31. The predicted molar refractivity (Wildman–Crippen MR) is 113 cm³/mol. The molecule has 0 radical (unpaired) electrons. The quantitative estimate of drug-likeness (QED) is 0.439. The minimum atomic E-state index is -0.790. The monoisotopic (exact) mass is 443 g/mol. The van der Waals surface area contributed by atoms with Crippen molar-refractivity contribution in [3.8, 4) is 11.6 Å². The number of carbonyl (C=O) groups excluding carboxylic acids is 2. The van der Waals surface area contributed by atoms with Crippen molar-refractivity contribution in [3.63, 3.8) is 0 Å². The Morgan fingerprint density at radius 3 is 2.94 bits per heavy atom. The Labute approximate surface area is 183 Å².